The number of fused-ring (bicyclic) bond motifs is 5. The molecule has 0 N–H and O–H groups in total. The molecule has 0 radical (unpaired) electrons. The summed E-state index contributed by atoms with van der Waals surface area (Å²) in [5, 5.41) is 6.22. The molecule has 0 unspecified atom stereocenters. The summed E-state index contributed by atoms with van der Waals surface area (Å²) in [6, 6.07) is 23.9. The Morgan fingerprint density at radius 2 is 1.45 bits per heavy atom. The van der Waals surface area contributed by atoms with Crippen molar-refractivity contribution in [2.75, 3.05) is 0 Å². The third-order valence-electron chi connectivity index (χ3n) is 5.85. The van der Waals surface area contributed by atoms with Crippen LogP contribution >= 0.6 is 0 Å². The van der Waals surface area contributed by atoms with Gasteiger partial charge in [0.15, 0.2) is 0 Å². The predicted molar refractivity (Wildman–Crippen MR) is 124 cm³/mol. The van der Waals surface area contributed by atoms with Gasteiger partial charge >= 0.3 is 0 Å². The second-order valence-electron chi connectivity index (χ2n) is 8.16. The van der Waals surface area contributed by atoms with E-state index >= 15 is 0 Å². The summed E-state index contributed by atoms with van der Waals surface area (Å²) >= 11 is 0. The predicted octanol–water partition coefficient (Wildman–Crippen LogP) is 7.34. The van der Waals surface area contributed by atoms with E-state index in [4.69, 9.17) is 9.97 Å². The number of aryl methyl sites for hydroxylation is 2. The second-order valence-corrected chi connectivity index (χ2v) is 8.16. The Labute approximate surface area is 171 Å². The Balaban J connectivity index is 2.00. The zero-order valence-corrected chi connectivity index (χ0v) is 17.3. The molecule has 0 saturated heterocycles. The normalized spacial score (nSPS) is 11.8. The maximum absolute atomic E-state index is 4.96. The van der Waals surface area contributed by atoms with Crippen molar-refractivity contribution in [1.82, 2.24) is 9.97 Å². The smallest absolute Gasteiger partial charge is 0.126 e. The van der Waals surface area contributed by atoms with Gasteiger partial charge in [-0.3, -0.25) is 0 Å². The van der Waals surface area contributed by atoms with Crippen molar-refractivity contribution in [2.45, 2.75) is 33.6 Å². The number of rotatable bonds is 2. The summed E-state index contributed by atoms with van der Waals surface area (Å²) < 4.78 is 0. The van der Waals surface area contributed by atoms with Crippen LogP contribution in [0.3, 0.4) is 0 Å². The number of hydrogen-bond donors (Lipinski definition) is 0. The van der Waals surface area contributed by atoms with Crippen LogP contribution < -0.4 is 0 Å². The van der Waals surface area contributed by atoms with Gasteiger partial charge in [-0.15, -0.1) is 0 Å². The lowest BCUT2D eigenvalue weighted by Crippen LogP contribution is -1.99. The van der Waals surface area contributed by atoms with Gasteiger partial charge in [0.05, 0.1) is 11.2 Å². The SMILES string of the molecule is Cc1nc(-c2ccccc2C)c2ccc3c4ccccc4cc(C(C)C)c3c2n1. The Morgan fingerprint density at radius 3 is 2.24 bits per heavy atom. The molecule has 0 amide bonds. The van der Waals surface area contributed by atoms with E-state index in [-0.39, 0.29) is 0 Å². The molecule has 0 aliphatic rings. The minimum Gasteiger partial charge on any atom is -0.233 e. The molecule has 0 bridgehead atoms. The van der Waals surface area contributed by atoms with Crippen LogP contribution in [0.1, 0.15) is 36.7 Å². The van der Waals surface area contributed by atoms with Crippen LogP contribution in [0.4, 0.5) is 0 Å². The van der Waals surface area contributed by atoms with Crippen LogP contribution in [0.25, 0.3) is 43.7 Å². The molecular weight excluding hydrogens is 352 g/mol. The second kappa shape index (κ2) is 6.66. The summed E-state index contributed by atoms with van der Waals surface area (Å²) in [5.74, 6) is 1.22. The van der Waals surface area contributed by atoms with E-state index in [0.29, 0.717) is 5.92 Å². The van der Waals surface area contributed by atoms with Crippen LogP contribution in [-0.2, 0) is 0 Å². The van der Waals surface area contributed by atoms with Gasteiger partial charge in [0.25, 0.3) is 0 Å². The van der Waals surface area contributed by atoms with Gasteiger partial charge in [-0.25, -0.2) is 9.97 Å². The summed E-state index contributed by atoms with van der Waals surface area (Å²) in [6.07, 6.45) is 0. The Morgan fingerprint density at radius 1 is 0.724 bits per heavy atom. The molecule has 2 heteroatoms. The van der Waals surface area contributed by atoms with Crippen molar-refractivity contribution in [2.24, 2.45) is 0 Å². The first-order valence-corrected chi connectivity index (χ1v) is 10.2. The van der Waals surface area contributed by atoms with E-state index in [9.17, 15) is 0 Å². The quantitative estimate of drug-likeness (QED) is 0.301. The lowest BCUT2D eigenvalue weighted by Gasteiger charge is -2.17. The van der Waals surface area contributed by atoms with Crippen molar-refractivity contribution in [3.8, 4) is 11.3 Å². The monoisotopic (exact) mass is 376 g/mol. The molecule has 29 heavy (non-hydrogen) atoms. The molecule has 2 nitrogen and oxygen atoms in total. The minimum atomic E-state index is 0.407. The van der Waals surface area contributed by atoms with Gasteiger partial charge in [0, 0.05) is 16.3 Å². The van der Waals surface area contributed by atoms with Gasteiger partial charge in [-0.2, -0.15) is 0 Å². The number of benzene rings is 4. The van der Waals surface area contributed by atoms with Crippen molar-refractivity contribution in [3.63, 3.8) is 0 Å². The van der Waals surface area contributed by atoms with Crippen molar-refractivity contribution >= 4 is 32.4 Å². The van der Waals surface area contributed by atoms with Crippen LogP contribution in [0, 0.1) is 13.8 Å². The Bertz CT molecular complexity index is 1400. The minimum absolute atomic E-state index is 0.407. The van der Waals surface area contributed by atoms with Gasteiger partial charge in [0.1, 0.15) is 5.82 Å². The van der Waals surface area contributed by atoms with E-state index in [1.165, 1.54) is 38.2 Å². The molecule has 5 aromatic rings. The van der Waals surface area contributed by atoms with E-state index in [1.54, 1.807) is 0 Å². The maximum atomic E-state index is 4.96. The highest BCUT2D eigenvalue weighted by Crippen LogP contribution is 2.39. The fraction of sp³-hybridized carbons (Fsp3) is 0.185. The molecule has 142 valence electrons. The Kier molecular flexibility index (Phi) is 4.09. The van der Waals surface area contributed by atoms with E-state index in [2.05, 4.69) is 87.5 Å². The van der Waals surface area contributed by atoms with Gasteiger partial charge in [-0.05, 0) is 53.1 Å². The van der Waals surface area contributed by atoms with Gasteiger partial charge in [0.2, 0.25) is 0 Å². The lowest BCUT2D eigenvalue weighted by atomic mass is 9.89. The zero-order chi connectivity index (χ0) is 20.1. The zero-order valence-electron chi connectivity index (χ0n) is 17.3. The molecule has 1 aromatic heterocycles. The molecule has 0 aliphatic carbocycles. The van der Waals surface area contributed by atoms with Crippen LogP contribution in [-0.4, -0.2) is 9.97 Å². The number of hydrogen-bond acceptors (Lipinski definition) is 2. The average molecular weight is 377 g/mol. The average Bonchev–Trinajstić information content (AvgIpc) is 2.72. The third kappa shape index (κ3) is 2.79. The first-order chi connectivity index (χ1) is 14.0. The summed E-state index contributed by atoms with van der Waals surface area (Å²) in [5.41, 5.74) is 5.83. The van der Waals surface area contributed by atoms with E-state index in [0.717, 1.165) is 22.4 Å². The number of nitrogens with zero attached hydrogens (tertiary/aromatic N) is 2. The highest BCUT2D eigenvalue weighted by Gasteiger charge is 2.17. The van der Waals surface area contributed by atoms with Crippen molar-refractivity contribution in [1.29, 1.82) is 0 Å². The summed E-state index contributed by atoms with van der Waals surface area (Å²) in [7, 11) is 0. The van der Waals surface area contributed by atoms with Crippen molar-refractivity contribution in [3.05, 3.63) is 83.7 Å². The van der Waals surface area contributed by atoms with Crippen LogP contribution in [0.15, 0.2) is 66.7 Å². The molecule has 1 heterocycles. The molecule has 0 saturated carbocycles. The number of aromatic nitrogens is 2. The van der Waals surface area contributed by atoms with Crippen molar-refractivity contribution < 1.29 is 0 Å². The third-order valence-corrected chi connectivity index (χ3v) is 5.85. The lowest BCUT2D eigenvalue weighted by molar-refractivity contribution is 0.878. The molecule has 5 rings (SSSR count). The topological polar surface area (TPSA) is 25.8 Å². The van der Waals surface area contributed by atoms with Gasteiger partial charge in [-0.1, -0.05) is 74.5 Å². The van der Waals surface area contributed by atoms with Crippen LogP contribution in [0.2, 0.25) is 0 Å². The fourth-order valence-corrected chi connectivity index (χ4v) is 4.43. The van der Waals surface area contributed by atoms with E-state index < -0.39 is 0 Å². The standard InChI is InChI=1S/C27H24N2/c1-16(2)24-15-19-10-6-8-12-21(19)22-13-14-23-26(20-11-7-5-9-17(20)3)28-18(4)29-27(23)25(22)24/h5-16H,1-4H3. The molecule has 0 spiro atoms. The maximum Gasteiger partial charge on any atom is 0.126 e. The first kappa shape index (κ1) is 17.8. The fourth-order valence-electron chi connectivity index (χ4n) is 4.43. The Hall–Kier alpha value is -3.26. The van der Waals surface area contributed by atoms with Crippen LogP contribution in [0.5, 0.6) is 0 Å². The highest BCUT2D eigenvalue weighted by atomic mass is 14.9. The molecule has 0 aliphatic heterocycles. The molecule has 0 fully saturated rings. The molecule has 0 atom stereocenters. The summed E-state index contributed by atoms with van der Waals surface area (Å²) in [6.45, 7) is 8.67. The summed E-state index contributed by atoms with van der Waals surface area (Å²) in [4.78, 5) is 9.82. The largest absolute Gasteiger partial charge is 0.233 e. The van der Waals surface area contributed by atoms with Gasteiger partial charge < -0.3 is 0 Å². The first-order valence-electron chi connectivity index (χ1n) is 10.2. The highest BCUT2D eigenvalue weighted by molar-refractivity contribution is 6.19. The molecule has 4 aromatic carbocycles. The van der Waals surface area contributed by atoms with E-state index in [1.807, 2.05) is 6.92 Å². The molecular formula is C27H24N2.